The Labute approximate surface area is 128 Å². The molecule has 2 rings (SSSR count). The predicted molar refractivity (Wildman–Crippen MR) is 82.6 cm³/mol. The van der Waals surface area contributed by atoms with E-state index in [1.165, 1.54) is 10.4 Å². The lowest BCUT2D eigenvalue weighted by atomic mass is 9.92. The van der Waals surface area contributed by atoms with Crippen LogP contribution in [0.2, 0.25) is 0 Å². The zero-order valence-electron chi connectivity index (χ0n) is 12.4. The number of carboxylic acid groups (broad SMARTS) is 1. The molecule has 0 radical (unpaired) electrons. The number of carbonyl (C=O) groups is 2. The van der Waals surface area contributed by atoms with Crippen molar-refractivity contribution < 1.29 is 14.7 Å². The minimum atomic E-state index is -1.18. The van der Waals surface area contributed by atoms with Gasteiger partial charge in [-0.1, -0.05) is 13.8 Å². The molecular weight excluding hydrogens is 288 g/mol. The van der Waals surface area contributed by atoms with Crippen LogP contribution < -0.4 is 10.6 Å². The third-order valence-corrected chi connectivity index (χ3v) is 5.32. The lowest BCUT2D eigenvalue weighted by Gasteiger charge is -2.30. The molecule has 1 unspecified atom stereocenters. The molecule has 0 aromatic carbocycles. The molecular formula is C15H22N2O3S. The molecule has 3 N–H and O–H groups in total. The maximum Gasteiger partial charge on any atom is 0.329 e. The van der Waals surface area contributed by atoms with Gasteiger partial charge in [0.15, 0.2) is 0 Å². The van der Waals surface area contributed by atoms with E-state index in [0.29, 0.717) is 12.8 Å². The molecule has 1 aliphatic rings. The highest BCUT2D eigenvalue weighted by Crippen LogP contribution is 2.33. The molecule has 5 nitrogen and oxygen atoms in total. The van der Waals surface area contributed by atoms with Gasteiger partial charge in [-0.2, -0.15) is 0 Å². The molecule has 1 aliphatic carbocycles. The Kier molecular flexibility index (Phi) is 4.88. The van der Waals surface area contributed by atoms with E-state index in [-0.39, 0.29) is 6.04 Å². The van der Waals surface area contributed by atoms with Crippen LogP contribution >= 0.6 is 11.3 Å². The summed E-state index contributed by atoms with van der Waals surface area (Å²) in [6.07, 6.45) is 3.73. The first kappa shape index (κ1) is 15.8. The van der Waals surface area contributed by atoms with Crippen molar-refractivity contribution in [1.82, 2.24) is 10.6 Å². The number of fused-ring (bicyclic) bond motifs is 1. The second-order valence-electron chi connectivity index (χ2n) is 5.44. The molecule has 0 saturated heterocycles. The van der Waals surface area contributed by atoms with Gasteiger partial charge in [0.1, 0.15) is 5.54 Å². The maximum atomic E-state index is 12.2. The van der Waals surface area contributed by atoms with Gasteiger partial charge in [0, 0.05) is 4.88 Å². The molecule has 0 aliphatic heterocycles. The third-order valence-electron chi connectivity index (χ3n) is 4.33. The van der Waals surface area contributed by atoms with Gasteiger partial charge >= 0.3 is 12.0 Å². The highest BCUT2D eigenvalue weighted by Gasteiger charge is 2.37. The molecule has 0 spiro atoms. The first-order valence-electron chi connectivity index (χ1n) is 7.40. The van der Waals surface area contributed by atoms with Crippen LogP contribution in [0, 0.1) is 0 Å². The van der Waals surface area contributed by atoms with E-state index in [9.17, 15) is 14.7 Å². The van der Waals surface area contributed by atoms with E-state index in [1.807, 2.05) is 11.4 Å². The standard InChI is InChI=1S/C15H22N2O3S/c1-3-15(4-2,13(18)19)17-14(20)16-11-6-5-7-12-10(11)8-9-21-12/h8-9,11H,3-7H2,1-2H3,(H,18,19)(H2,16,17,20). The third kappa shape index (κ3) is 3.20. The van der Waals surface area contributed by atoms with Gasteiger partial charge in [-0.25, -0.2) is 9.59 Å². The Morgan fingerprint density at radius 3 is 2.76 bits per heavy atom. The van der Waals surface area contributed by atoms with Crippen LogP contribution in [0.3, 0.4) is 0 Å². The van der Waals surface area contributed by atoms with Gasteiger partial charge in [0.25, 0.3) is 0 Å². The predicted octanol–water partition coefficient (Wildman–Crippen LogP) is 3.07. The number of carboxylic acids is 1. The molecule has 1 aromatic rings. The Bertz CT molecular complexity index is 523. The number of rotatable bonds is 5. The summed E-state index contributed by atoms with van der Waals surface area (Å²) in [6, 6.07) is 1.64. The normalized spacial score (nSPS) is 17.9. The largest absolute Gasteiger partial charge is 0.480 e. The Morgan fingerprint density at radius 2 is 2.14 bits per heavy atom. The van der Waals surface area contributed by atoms with Crippen LogP contribution in [0.4, 0.5) is 4.79 Å². The van der Waals surface area contributed by atoms with Crippen molar-refractivity contribution in [2.24, 2.45) is 0 Å². The second kappa shape index (κ2) is 6.47. The number of urea groups is 1. The van der Waals surface area contributed by atoms with E-state index >= 15 is 0 Å². The Hall–Kier alpha value is -1.56. The van der Waals surface area contributed by atoms with Gasteiger partial charge in [0.05, 0.1) is 6.04 Å². The van der Waals surface area contributed by atoms with Gasteiger partial charge in [-0.3, -0.25) is 0 Å². The fourth-order valence-corrected chi connectivity index (χ4v) is 3.82. The minimum Gasteiger partial charge on any atom is -0.480 e. The number of nitrogens with one attached hydrogen (secondary N) is 2. The summed E-state index contributed by atoms with van der Waals surface area (Å²) < 4.78 is 0. The van der Waals surface area contributed by atoms with E-state index in [4.69, 9.17) is 0 Å². The fourth-order valence-electron chi connectivity index (χ4n) is 2.83. The number of hydrogen-bond acceptors (Lipinski definition) is 3. The summed E-state index contributed by atoms with van der Waals surface area (Å²) in [4.78, 5) is 24.9. The van der Waals surface area contributed by atoms with Crippen LogP contribution in [0.15, 0.2) is 11.4 Å². The molecule has 2 amide bonds. The topological polar surface area (TPSA) is 78.4 Å². The number of aliphatic carboxylic acids is 1. The van der Waals surface area contributed by atoms with E-state index in [1.54, 1.807) is 25.2 Å². The summed E-state index contributed by atoms with van der Waals surface area (Å²) >= 11 is 1.72. The zero-order valence-corrected chi connectivity index (χ0v) is 13.3. The summed E-state index contributed by atoms with van der Waals surface area (Å²) in [5.74, 6) is -0.984. The molecule has 116 valence electrons. The monoisotopic (exact) mass is 310 g/mol. The SMILES string of the molecule is CCC(CC)(NC(=O)NC1CCCc2sccc21)C(=O)O. The molecule has 1 atom stereocenters. The average molecular weight is 310 g/mol. The van der Waals surface area contributed by atoms with Crippen molar-refractivity contribution in [1.29, 1.82) is 0 Å². The van der Waals surface area contributed by atoms with Crippen molar-refractivity contribution >= 4 is 23.3 Å². The van der Waals surface area contributed by atoms with E-state index < -0.39 is 17.5 Å². The Morgan fingerprint density at radius 1 is 1.43 bits per heavy atom. The number of amides is 2. The Balaban J connectivity index is 2.04. The van der Waals surface area contributed by atoms with Crippen LogP contribution in [0.5, 0.6) is 0 Å². The van der Waals surface area contributed by atoms with Gasteiger partial charge in [-0.15, -0.1) is 11.3 Å². The smallest absolute Gasteiger partial charge is 0.329 e. The van der Waals surface area contributed by atoms with Gasteiger partial charge in [0.2, 0.25) is 0 Å². The average Bonchev–Trinajstić information content (AvgIpc) is 2.94. The van der Waals surface area contributed by atoms with E-state index in [2.05, 4.69) is 10.6 Å². The first-order valence-corrected chi connectivity index (χ1v) is 8.28. The summed E-state index contributed by atoms with van der Waals surface area (Å²) in [6.45, 7) is 3.55. The summed E-state index contributed by atoms with van der Waals surface area (Å²) in [5, 5.41) is 17.0. The highest BCUT2D eigenvalue weighted by atomic mass is 32.1. The number of carbonyl (C=O) groups excluding carboxylic acids is 1. The van der Waals surface area contributed by atoms with Crippen molar-refractivity contribution in [3.05, 3.63) is 21.9 Å². The van der Waals surface area contributed by atoms with Crippen LogP contribution in [-0.4, -0.2) is 22.6 Å². The minimum absolute atomic E-state index is 0.0137. The lowest BCUT2D eigenvalue weighted by Crippen LogP contribution is -2.57. The number of aryl methyl sites for hydroxylation is 1. The highest BCUT2D eigenvalue weighted by molar-refractivity contribution is 7.10. The van der Waals surface area contributed by atoms with Crippen molar-refractivity contribution in [2.45, 2.75) is 57.5 Å². The lowest BCUT2D eigenvalue weighted by molar-refractivity contribution is -0.144. The molecule has 0 saturated carbocycles. The number of thiophene rings is 1. The molecule has 0 fully saturated rings. The zero-order chi connectivity index (χ0) is 15.5. The fraction of sp³-hybridized carbons (Fsp3) is 0.600. The molecule has 21 heavy (non-hydrogen) atoms. The summed E-state index contributed by atoms with van der Waals surface area (Å²) in [5.41, 5.74) is -0.00808. The van der Waals surface area contributed by atoms with Crippen molar-refractivity contribution in [3.8, 4) is 0 Å². The quantitative estimate of drug-likeness (QED) is 0.782. The molecule has 6 heteroatoms. The molecule has 0 bridgehead atoms. The molecule has 1 aromatic heterocycles. The molecule has 1 heterocycles. The van der Waals surface area contributed by atoms with Gasteiger partial charge in [-0.05, 0) is 49.1 Å². The van der Waals surface area contributed by atoms with Crippen molar-refractivity contribution in [3.63, 3.8) is 0 Å². The van der Waals surface area contributed by atoms with Crippen LogP contribution in [0.25, 0.3) is 0 Å². The van der Waals surface area contributed by atoms with Crippen molar-refractivity contribution in [2.75, 3.05) is 0 Å². The van der Waals surface area contributed by atoms with E-state index in [0.717, 1.165) is 19.3 Å². The first-order chi connectivity index (χ1) is 10.0. The summed E-state index contributed by atoms with van der Waals surface area (Å²) in [7, 11) is 0. The van der Waals surface area contributed by atoms with Gasteiger partial charge < -0.3 is 15.7 Å². The number of hydrogen-bond donors (Lipinski definition) is 3. The van der Waals surface area contributed by atoms with Crippen LogP contribution in [0.1, 0.15) is 56.0 Å². The maximum absolute atomic E-state index is 12.2. The second-order valence-corrected chi connectivity index (χ2v) is 6.44. The van der Waals surface area contributed by atoms with Crippen LogP contribution in [-0.2, 0) is 11.2 Å².